The molecule has 0 amide bonds. The molecule has 0 saturated carbocycles. The van der Waals surface area contributed by atoms with Gasteiger partial charge in [-0.25, -0.2) is 4.99 Å². The van der Waals surface area contributed by atoms with Crippen molar-refractivity contribution in [1.82, 2.24) is 10.3 Å². The monoisotopic (exact) mass is 982 g/mol. The van der Waals surface area contributed by atoms with E-state index in [2.05, 4.69) is 75.4 Å². The van der Waals surface area contributed by atoms with Gasteiger partial charge in [-0.1, -0.05) is 110 Å². The molecule has 5 aliphatic heterocycles. The molecule has 14 nitrogen and oxygen atoms in total. The summed E-state index contributed by atoms with van der Waals surface area (Å²) < 4.78 is 27.1. The highest BCUT2D eigenvalue weighted by molar-refractivity contribution is 6.05. The summed E-state index contributed by atoms with van der Waals surface area (Å²) in [7, 11) is 1.51. The number of phenolic OH excluding ortho intramolecular Hbond substituents is 1. The highest BCUT2D eigenvalue weighted by Crippen LogP contribution is 2.56. The zero-order chi connectivity index (χ0) is 50.6. The number of aromatic nitrogens is 1. The molecule has 1 fully saturated rings. The number of aromatic amines is 1. The number of fused-ring (bicyclic) bond motifs is 11. The van der Waals surface area contributed by atoms with Crippen molar-refractivity contribution in [3.63, 3.8) is 0 Å². The Morgan fingerprint density at radius 2 is 1.77 bits per heavy atom. The number of benzene rings is 5. The van der Waals surface area contributed by atoms with Crippen molar-refractivity contribution in [3.05, 3.63) is 154 Å². The Morgan fingerprint density at radius 1 is 0.945 bits per heavy atom. The minimum absolute atomic E-state index is 0.00152. The largest absolute Gasteiger partial charge is 0.508 e. The number of aliphatic imine (C=N–C) groups is 1. The van der Waals surface area contributed by atoms with Crippen LogP contribution in [0.1, 0.15) is 81.2 Å². The van der Waals surface area contributed by atoms with E-state index >= 15 is 4.79 Å². The fourth-order valence-corrected chi connectivity index (χ4v) is 10.5. The summed E-state index contributed by atoms with van der Waals surface area (Å²) >= 11 is 0. The van der Waals surface area contributed by atoms with Crippen molar-refractivity contribution in [2.45, 2.75) is 75.7 Å². The van der Waals surface area contributed by atoms with Gasteiger partial charge in [0.15, 0.2) is 23.2 Å². The molecule has 73 heavy (non-hydrogen) atoms. The average molecular weight is 983 g/mol. The molecular formula is C59H62N6O8. The van der Waals surface area contributed by atoms with E-state index in [9.17, 15) is 15.3 Å². The number of ether oxygens (including phenoxy) is 4. The highest BCUT2D eigenvalue weighted by Gasteiger charge is 2.41. The molecule has 14 heteroatoms. The van der Waals surface area contributed by atoms with Gasteiger partial charge in [-0.2, -0.15) is 0 Å². The van der Waals surface area contributed by atoms with E-state index in [-0.39, 0.29) is 90.8 Å². The van der Waals surface area contributed by atoms with Crippen LogP contribution in [0.2, 0.25) is 0 Å². The molecule has 6 aromatic rings. The minimum Gasteiger partial charge on any atom is -0.508 e. The van der Waals surface area contributed by atoms with Crippen molar-refractivity contribution in [2.24, 2.45) is 22.4 Å². The molecule has 11 rings (SSSR count). The number of carbonyl (C=O) groups excluding carboxylic acids is 1. The first kappa shape index (κ1) is 48.9. The lowest BCUT2D eigenvalue weighted by Gasteiger charge is -2.42. The summed E-state index contributed by atoms with van der Waals surface area (Å²) in [5.74, 6) is 7.92. The van der Waals surface area contributed by atoms with E-state index in [0.717, 1.165) is 51.3 Å². The fraction of sp³-hybridized carbons (Fsp3) is 0.322. The number of nitrogens with two attached hydrogens (primary N) is 2. The van der Waals surface area contributed by atoms with Gasteiger partial charge in [0.05, 0.1) is 62.1 Å². The zero-order valence-electron chi connectivity index (χ0n) is 41.1. The topological polar surface area (TPSA) is 210 Å². The van der Waals surface area contributed by atoms with Crippen molar-refractivity contribution < 1.29 is 39.1 Å². The molecule has 0 aliphatic carbocycles. The molecular weight excluding hydrogens is 921 g/mol. The van der Waals surface area contributed by atoms with E-state index in [1.165, 1.54) is 7.11 Å². The Kier molecular flexibility index (Phi) is 14.4. The number of aryl methyl sites for hydroxylation is 1. The van der Waals surface area contributed by atoms with Crippen LogP contribution in [0.4, 0.5) is 11.5 Å². The number of piperazine rings is 1. The number of aromatic hydroxyl groups is 1. The minimum atomic E-state index is -0.871. The van der Waals surface area contributed by atoms with Gasteiger partial charge in [0.1, 0.15) is 29.0 Å². The third-order valence-electron chi connectivity index (χ3n) is 14.2. The second-order valence-electron chi connectivity index (χ2n) is 19.2. The summed E-state index contributed by atoms with van der Waals surface area (Å²) in [4.78, 5) is 25.9. The number of aliphatic hydroxyl groups is 2. The molecule has 9 N–H and O–H groups in total. The van der Waals surface area contributed by atoms with Crippen molar-refractivity contribution >= 4 is 29.3 Å². The van der Waals surface area contributed by atoms with Gasteiger partial charge >= 0.3 is 0 Å². The smallest absolute Gasteiger partial charge is 0.204 e. The van der Waals surface area contributed by atoms with Crippen LogP contribution in [0.3, 0.4) is 0 Å². The molecule has 0 radical (unpaired) electrons. The van der Waals surface area contributed by atoms with Crippen molar-refractivity contribution in [2.75, 3.05) is 44.9 Å². The standard InChI is InChI=1S/C59H62N6O8/c1-3-43-31-46-40-11-7-10-36(26-40)27-42-17-21-47-49(65(24-23-62-47)58(46)63-43)30-37-12-14-41(48(29-37)64-59(60)61)28-38(33-66)34-72-55-52(42)54-53(50(69)32-51(73-54)39-15-19-44(67)20-16-39)56(57(55)70-2)71-25-22-45(68)18-13-35-8-5-4-6-9-35/h4-16,18-20,26,29,31,38,42,45,47,49,51,62-63,66-68H,3,22-25,27-28,30,32-34H2,1-2H3,(H4,60,61,64)/b18-13+/t38-,42+,45-,47-,49+,51?/m0/s1. The summed E-state index contributed by atoms with van der Waals surface area (Å²) in [5, 5.41) is 36.3. The molecule has 5 aliphatic rings. The van der Waals surface area contributed by atoms with Gasteiger partial charge < -0.3 is 60.9 Å². The van der Waals surface area contributed by atoms with Crippen LogP contribution in [-0.2, 0) is 25.7 Å². The molecule has 6 atom stereocenters. The zero-order valence-corrected chi connectivity index (χ0v) is 41.1. The third-order valence-corrected chi connectivity index (χ3v) is 14.2. The van der Waals surface area contributed by atoms with Crippen molar-refractivity contribution in [1.29, 1.82) is 0 Å². The van der Waals surface area contributed by atoms with E-state index in [0.29, 0.717) is 49.2 Å². The molecule has 6 heterocycles. The summed E-state index contributed by atoms with van der Waals surface area (Å²) in [5.41, 5.74) is 21.1. The average Bonchev–Trinajstić information content (AvgIpc) is 3.83. The molecule has 5 aromatic carbocycles. The SMILES string of the molecule is CCc1cc2c([nH]1)N1CCN[C@H]3C#C[C@H](Cc4cccc-2c4)c2c(c(OC)c(OCC[C@@H](O)/C=C/c4ccccc4)c4c2OC(c2ccc(O)cc2)CC4=O)OC[C@H](CO)Cc2ccc(cc2N=C(N)N)C[C@H]31. The number of nitrogens with one attached hydrogen (secondary N) is 2. The number of hydrogen-bond acceptors (Lipinski definition) is 11. The molecule has 376 valence electrons. The van der Waals surface area contributed by atoms with Gasteiger partial charge in [-0.05, 0) is 83.3 Å². The molecule has 1 unspecified atom stereocenters. The lowest BCUT2D eigenvalue weighted by Crippen LogP contribution is -2.58. The van der Waals surface area contributed by atoms with Gasteiger partial charge in [-0.3, -0.25) is 4.79 Å². The first-order valence-corrected chi connectivity index (χ1v) is 25.1. The first-order valence-electron chi connectivity index (χ1n) is 25.1. The number of aliphatic hydroxyl groups excluding tert-OH is 2. The van der Waals surface area contributed by atoms with E-state index in [4.69, 9.17) is 30.4 Å². The number of rotatable bonds is 11. The normalized spacial score (nSPS) is 20.5. The van der Waals surface area contributed by atoms with Crippen LogP contribution in [0, 0.1) is 17.8 Å². The number of H-pyrrole nitrogens is 1. The highest BCUT2D eigenvalue weighted by atomic mass is 16.5. The van der Waals surface area contributed by atoms with Crippen LogP contribution in [-0.4, -0.2) is 90.3 Å². The Morgan fingerprint density at radius 3 is 2.55 bits per heavy atom. The van der Waals surface area contributed by atoms with Gasteiger partial charge in [-0.15, -0.1) is 0 Å². The van der Waals surface area contributed by atoms with E-state index in [1.807, 2.05) is 48.5 Å². The van der Waals surface area contributed by atoms with Gasteiger partial charge in [0, 0.05) is 43.3 Å². The van der Waals surface area contributed by atoms with Crippen molar-refractivity contribution in [3.8, 4) is 51.7 Å². The Balaban J connectivity index is 1.20. The summed E-state index contributed by atoms with van der Waals surface area (Å²) in [6.45, 7) is 3.26. The number of nitrogens with zero attached hydrogens (tertiary/aromatic N) is 2. The maximum atomic E-state index is 15.1. The predicted octanol–water partition coefficient (Wildman–Crippen LogP) is 7.69. The van der Waals surface area contributed by atoms with E-state index < -0.39 is 24.0 Å². The number of guanidine groups is 1. The molecule has 8 bridgehead atoms. The molecule has 1 aromatic heterocycles. The number of anilines is 1. The van der Waals surface area contributed by atoms with Crippen LogP contribution >= 0.6 is 0 Å². The summed E-state index contributed by atoms with van der Waals surface area (Å²) in [6, 6.07) is 32.7. The first-order chi connectivity index (χ1) is 35.6. The van der Waals surface area contributed by atoms with Crippen LogP contribution in [0.25, 0.3) is 17.2 Å². The Bertz CT molecular complexity index is 3100. The van der Waals surface area contributed by atoms with Crippen LogP contribution in [0.15, 0.2) is 114 Å². The van der Waals surface area contributed by atoms with Crippen LogP contribution in [0.5, 0.6) is 28.7 Å². The van der Waals surface area contributed by atoms with Gasteiger partial charge in [0.25, 0.3) is 0 Å². The number of Topliss-reactive ketones (excluding diaryl/α,β-unsaturated/α-hetero) is 1. The number of carbonyl (C=O) groups is 1. The number of ketones is 1. The predicted molar refractivity (Wildman–Crippen MR) is 283 cm³/mol. The summed E-state index contributed by atoms with van der Waals surface area (Å²) in [6.07, 6.45) is 4.23. The van der Waals surface area contributed by atoms with Gasteiger partial charge in [0.2, 0.25) is 5.75 Å². The maximum Gasteiger partial charge on any atom is 0.204 e. The molecule has 0 spiro atoms. The molecule has 1 saturated heterocycles. The second kappa shape index (κ2) is 21.6. The number of phenols is 1. The Hall–Kier alpha value is -7.70. The second-order valence-corrected chi connectivity index (χ2v) is 19.2. The van der Waals surface area contributed by atoms with E-state index in [1.54, 1.807) is 30.3 Å². The third kappa shape index (κ3) is 10.5. The number of hydrogen-bond donors (Lipinski definition) is 7. The maximum absolute atomic E-state index is 15.1. The fourth-order valence-electron chi connectivity index (χ4n) is 10.5. The Labute approximate surface area is 425 Å². The lowest BCUT2D eigenvalue weighted by atomic mass is 9.84. The van der Waals surface area contributed by atoms with Crippen LogP contribution < -0.4 is 40.6 Å². The lowest BCUT2D eigenvalue weighted by molar-refractivity contribution is 0.0834. The number of methoxy groups -OCH3 is 1. The quantitative estimate of drug-likeness (QED) is 0.0379.